The molecule has 1 amide bonds. The van der Waals surface area contributed by atoms with Crippen LogP contribution in [-0.4, -0.2) is 21.4 Å². The first-order chi connectivity index (χ1) is 11.3. The molecule has 1 radical (unpaired) electrons. The van der Waals surface area contributed by atoms with Crippen LogP contribution in [0.5, 0.6) is 0 Å². The van der Waals surface area contributed by atoms with Crippen LogP contribution in [-0.2, 0) is 42.7 Å². The fourth-order valence-electron chi connectivity index (χ4n) is 1.64. The number of rotatable bonds is 5. The molecule has 0 spiro atoms. The van der Waals surface area contributed by atoms with Crippen LogP contribution in [0.4, 0.5) is 0 Å². The van der Waals surface area contributed by atoms with E-state index in [1.807, 2.05) is 6.07 Å². The average Bonchev–Trinajstić information content (AvgIpc) is 2.56. The first-order valence-corrected chi connectivity index (χ1v) is 8.43. The van der Waals surface area contributed by atoms with E-state index in [2.05, 4.69) is 22.7 Å². The van der Waals surface area contributed by atoms with Gasteiger partial charge in [0.05, 0.1) is 5.91 Å². The predicted molar refractivity (Wildman–Crippen MR) is 93.6 cm³/mol. The maximum atomic E-state index is 11.8. The van der Waals surface area contributed by atoms with Gasteiger partial charge in [-0.15, -0.1) is 5.56 Å². The van der Waals surface area contributed by atoms with E-state index in [4.69, 9.17) is 5.73 Å². The molecule has 25 heavy (non-hydrogen) atoms. The molecule has 0 saturated heterocycles. The molecular formula is C17H19N3O3SY-2. The van der Waals surface area contributed by atoms with E-state index < -0.39 is 15.9 Å². The Morgan fingerprint density at radius 1 is 1.20 bits per heavy atom. The molecule has 2 aromatic carbocycles. The Morgan fingerprint density at radius 3 is 2.24 bits per heavy atom. The van der Waals surface area contributed by atoms with Gasteiger partial charge < -0.3 is 15.8 Å². The Kier molecular flexibility index (Phi) is 10.3. The first-order valence-electron chi connectivity index (χ1n) is 6.95. The van der Waals surface area contributed by atoms with E-state index >= 15 is 0 Å². The van der Waals surface area contributed by atoms with Crippen molar-refractivity contribution in [2.75, 3.05) is 7.05 Å². The van der Waals surface area contributed by atoms with Gasteiger partial charge in [-0.05, 0) is 10.5 Å². The maximum absolute atomic E-state index is 11.8. The van der Waals surface area contributed by atoms with Crippen molar-refractivity contribution in [1.29, 1.82) is 0 Å². The minimum absolute atomic E-state index is 0. The molecule has 131 valence electrons. The molecule has 0 bridgehead atoms. The van der Waals surface area contributed by atoms with Crippen molar-refractivity contribution in [2.24, 2.45) is 0 Å². The molecule has 0 aliphatic rings. The Hall–Kier alpha value is -1.70. The number of carbonyl (C=O) groups excluding carboxylic acids is 1. The Morgan fingerprint density at radius 2 is 1.80 bits per heavy atom. The van der Waals surface area contributed by atoms with Crippen molar-refractivity contribution >= 4 is 15.9 Å². The molecular weight excluding hydrogens is 415 g/mol. The van der Waals surface area contributed by atoms with Gasteiger partial charge in [0, 0.05) is 39.8 Å². The summed E-state index contributed by atoms with van der Waals surface area (Å²) < 4.78 is 25.9. The summed E-state index contributed by atoms with van der Waals surface area (Å²) in [4.78, 5) is 10.5. The molecule has 0 atom stereocenters. The minimum Gasteiger partial charge on any atom is -0.664 e. The molecule has 6 nitrogen and oxygen atoms in total. The average molecular weight is 434 g/mol. The molecule has 0 fully saturated rings. The van der Waals surface area contributed by atoms with E-state index in [9.17, 15) is 13.2 Å². The molecule has 0 saturated carbocycles. The molecule has 0 aliphatic heterocycles. The summed E-state index contributed by atoms with van der Waals surface area (Å²) in [7, 11) is -1.95. The fraction of sp³-hybridized carbons (Fsp3) is 0.118. The zero-order valence-corrected chi connectivity index (χ0v) is 17.7. The van der Waals surface area contributed by atoms with Gasteiger partial charge in [-0.25, -0.2) is 8.42 Å². The van der Waals surface area contributed by atoms with Crippen LogP contribution >= 0.6 is 0 Å². The van der Waals surface area contributed by atoms with Crippen molar-refractivity contribution in [3.8, 4) is 0 Å². The fourth-order valence-corrected chi connectivity index (χ4v) is 2.89. The van der Waals surface area contributed by atoms with Gasteiger partial charge in [0.2, 0.25) is 10.0 Å². The SMILES string of the molecule is C=C(NC)NS(=O)(=O)c1c[c-]ccc1C.[NH-]C(=O)c1ccccc1.[Y]. The third kappa shape index (κ3) is 7.81. The topological polar surface area (TPSA) is 99.1 Å². The second-order valence-electron chi connectivity index (χ2n) is 4.72. The maximum Gasteiger partial charge on any atom is 0.216 e. The van der Waals surface area contributed by atoms with Gasteiger partial charge in [0.15, 0.2) is 0 Å². The van der Waals surface area contributed by atoms with Crippen LogP contribution in [0.2, 0.25) is 0 Å². The van der Waals surface area contributed by atoms with E-state index in [-0.39, 0.29) is 43.4 Å². The minimum atomic E-state index is -3.55. The molecule has 0 unspecified atom stereocenters. The summed E-state index contributed by atoms with van der Waals surface area (Å²) in [5, 5.41) is 2.62. The van der Waals surface area contributed by atoms with Crippen LogP contribution < -0.4 is 10.0 Å². The van der Waals surface area contributed by atoms with Crippen molar-refractivity contribution in [3.63, 3.8) is 0 Å². The quantitative estimate of drug-likeness (QED) is 0.707. The van der Waals surface area contributed by atoms with E-state index in [1.165, 1.54) is 6.07 Å². The smallest absolute Gasteiger partial charge is 0.216 e. The van der Waals surface area contributed by atoms with Crippen molar-refractivity contribution in [2.45, 2.75) is 11.8 Å². The van der Waals surface area contributed by atoms with Crippen LogP contribution in [0.1, 0.15) is 15.9 Å². The number of aryl methyl sites for hydroxylation is 1. The van der Waals surface area contributed by atoms with Crippen LogP contribution in [0.25, 0.3) is 5.73 Å². The Labute approximate surface area is 173 Å². The monoisotopic (exact) mass is 434 g/mol. The van der Waals surface area contributed by atoms with Gasteiger partial charge in [0.1, 0.15) is 5.82 Å². The second-order valence-corrected chi connectivity index (χ2v) is 6.37. The number of carbonyl (C=O) groups is 1. The van der Waals surface area contributed by atoms with Crippen LogP contribution in [0.3, 0.4) is 0 Å². The zero-order chi connectivity index (χ0) is 18.2. The summed E-state index contributed by atoms with van der Waals surface area (Å²) in [6, 6.07) is 16.0. The number of sulfonamides is 1. The third-order valence-electron chi connectivity index (χ3n) is 2.92. The van der Waals surface area contributed by atoms with E-state index in [1.54, 1.807) is 50.4 Å². The van der Waals surface area contributed by atoms with Gasteiger partial charge in [0.25, 0.3) is 0 Å². The zero-order valence-electron chi connectivity index (χ0n) is 14.0. The summed E-state index contributed by atoms with van der Waals surface area (Å²) in [6.45, 7) is 5.23. The Balaban J connectivity index is 0.000000495. The van der Waals surface area contributed by atoms with Gasteiger partial charge in [-0.3, -0.25) is 4.72 Å². The molecule has 0 aliphatic carbocycles. The summed E-state index contributed by atoms with van der Waals surface area (Å²) in [6.07, 6.45) is 0. The number of nitrogens with one attached hydrogen (secondary N) is 3. The molecule has 8 heteroatoms. The summed E-state index contributed by atoms with van der Waals surface area (Å²) >= 11 is 0. The molecule has 0 aromatic heterocycles. The number of benzene rings is 2. The molecule has 2 rings (SSSR count). The Bertz CT molecular complexity index is 809. The number of hydrogen-bond acceptors (Lipinski definition) is 4. The van der Waals surface area contributed by atoms with Crippen molar-refractivity contribution in [3.05, 3.63) is 83.9 Å². The van der Waals surface area contributed by atoms with Crippen molar-refractivity contribution < 1.29 is 45.9 Å². The number of amides is 1. The second kappa shape index (κ2) is 11.0. The standard InChI is InChI=1S/C10H13N2O2S.C7H7NO.Y/c1-8-6-4-5-7-10(8)15(13,14)12-9(2)11-3;8-7(9)6-4-2-1-3-5-6;/h4,6-7,11-12H,2H2,1,3H3;1-5H,(H2,8,9);/q-1;;/p-1. The third-order valence-corrected chi connectivity index (χ3v) is 4.45. The largest absolute Gasteiger partial charge is 0.664 e. The first kappa shape index (κ1) is 23.3. The molecule has 3 N–H and O–H groups in total. The molecule has 0 heterocycles. The van der Waals surface area contributed by atoms with Crippen molar-refractivity contribution in [1.82, 2.24) is 10.0 Å². The summed E-state index contributed by atoms with van der Waals surface area (Å²) in [5.41, 5.74) is 7.79. The van der Waals surface area contributed by atoms with E-state index in [0.29, 0.717) is 11.1 Å². The van der Waals surface area contributed by atoms with Gasteiger partial charge in [-0.2, -0.15) is 24.3 Å². The molecule has 2 aromatic rings. The normalized spacial score (nSPS) is 9.68. The van der Waals surface area contributed by atoms with Crippen LogP contribution in [0, 0.1) is 13.0 Å². The van der Waals surface area contributed by atoms with Crippen LogP contribution in [0.15, 0.2) is 65.8 Å². The number of hydrogen-bond donors (Lipinski definition) is 2. The van der Waals surface area contributed by atoms with Gasteiger partial charge >= 0.3 is 0 Å². The predicted octanol–water partition coefficient (Wildman–Crippen LogP) is 2.64. The van der Waals surface area contributed by atoms with E-state index in [0.717, 1.165) is 0 Å². The van der Waals surface area contributed by atoms with Gasteiger partial charge in [-0.1, -0.05) is 43.8 Å². The summed E-state index contributed by atoms with van der Waals surface area (Å²) in [5.74, 6) is -0.395.